The summed E-state index contributed by atoms with van der Waals surface area (Å²) < 4.78 is 27.1. The van der Waals surface area contributed by atoms with Crippen molar-refractivity contribution in [2.75, 3.05) is 33.2 Å². The number of hydrogen-bond donors (Lipinski definition) is 2. The molecule has 40 heavy (non-hydrogen) atoms. The normalized spacial score (nSPS) is 11.6. The summed E-state index contributed by atoms with van der Waals surface area (Å²) in [6.45, 7) is 0.186. The van der Waals surface area contributed by atoms with E-state index in [2.05, 4.69) is 20.7 Å². The minimum Gasteiger partial charge on any atom is -0.495 e. The predicted molar refractivity (Wildman–Crippen MR) is 147 cm³/mol. The number of pyridine rings is 2. The standard InChI is InChI=1S/C27H26ClFN6O5/c1-30-26(37)21-6-5-18(13-31-21)33-27(38)23(8-9-39-2)34-15-24(40-3)20(11-25(34)36)19-10-16(28)4-7-22(19)35-14-17(29)12-32-35/h4-7,10-15,23H,8-9H2,1-3H3,(H,30,37)(H,33,38). The highest BCUT2D eigenvalue weighted by Crippen LogP contribution is 2.35. The lowest BCUT2D eigenvalue weighted by Gasteiger charge is -2.21. The van der Waals surface area contributed by atoms with E-state index in [4.69, 9.17) is 21.1 Å². The largest absolute Gasteiger partial charge is 0.495 e. The summed E-state index contributed by atoms with van der Waals surface area (Å²) in [5.74, 6) is -1.13. The zero-order valence-electron chi connectivity index (χ0n) is 21.9. The number of nitrogens with one attached hydrogen (secondary N) is 2. The average Bonchev–Trinajstić information content (AvgIpc) is 3.39. The molecule has 3 aromatic heterocycles. The van der Waals surface area contributed by atoms with Gasteiger partial charge in [0.2, 0.25) is 5.91 Å². The maximum absolute atomic E-state index is 13.7. The van der Waals surface area contributed by atoms with Crippen LogP contribution in [0.25, 0.3) is 16.8 Å². The molecule has 4 aromatic rings. The lowest BCUT2D eigenvalue weighted by molar-refractivity contribution is -0.119. The van der Waals surface area contributed by atoms with Gasteiger partial charge >= 0.3 is 0 Å². The van der Waals surface area contributed by atoms with Gasteiger partial charge < -0.3 is 20.1 Å². The molecule has 0 aliphatic rings. The van der Waals surface area contributed by atoms with Crippen LogP contribution in [0.15, 0.2) is 66.0 Å². The van der Waals surface area contributed by atoms with E-state index in [1.54, 1.807) is 18.2 Å². The van der Waals surface area contributed by atoms with Gasteiger partial charge in [0.05, 0.1) is 43.3 Å². The summed E-state index contributed by atoms with van der Waals surface area (Å²) in [4.78, 5) is 42.6. The van der Waals surface area contributed by atoms with Gasteiger partial charge in [0, 0.05) is 49.4 Å². The summed E-state index contributed by atoms with van der Waals surface area (Å²) in [5.41, 5.74) is 1.33. The first-order chi connectivity index (χ1) is 19.2. The van der Waals surface area contributed by atoms with Crippen LogP contribution in [-0.2, 0) is 9.53 Å². The molecule has 11 nitrogen and oxygen atoms in total. The van der Waals surface area contributed by atoms with E-state index in [0.29, 0.717) is 27.5 Å². The fraction of sp³-hybridized carbons (Fsp3) is 0.222. The first-order valence-corrected chi connectivity index (χ1v) is 12.4. The van der Waals surface area contributed by atoms with Crippen molar-refractivity contribution in [3.63, 3.8) is 0 Å². The number of aromatic nitrogens is 4. The van der Waals surface area contributed by atoms with Gasteiger partial charge in [0.15, 0.2) is 5.82 Å². The van der Waals surface area contributed by atoms with Crippen LogP contribution >= 0.6 is 11.6 Å². The van der Waals surface area contributed by atoms with Crippen molar-refractivity contribution in [2.24, 2.45) is 0 Å². The molecule has 2 N–H and O–H groups in total. The molecule has 4 rings (SSSR count). The molecule has 0 radical (unpaired) electrons. The van der Waals surface area contributed by atoms with Crippen LogP contribution in [0.3, 0.4) is 0 Å². The summed E-state index contributed by atoms with van der Waals surface area (Å²) in [5, 5.41) is 9.61. The van der Waals surface area contributed by atoms with Crippen molar-refractivity contribution >= 4 is 29.1 Å². The molecular weight excluding hydrogens is 543 g/mol. The molecule has 0 aliphatic heterocycles. The average molecular weight is 569 g/mol. The highest BCUT2D eigenvalue weighted by molar-refractivity contribution is 6.31. The molecule has 13 heteroatoms. The van der Waals surface area contributed by atoms with Crippen molar-refractivity contribution in [3.8, 4) is 22.6 Å². The highest BCUT2D eigenvalue weighted by atomic mass is 35.5. The van der Waals surface area contributed by atoms with Crippen LogP contribution in [0, 0.1) is 5.82 Å². The molecule has 2 amide bonds. The number of methoxy groups -OCH3 is 2. The zero-order valence-corrected chi connectivity index (χ0v) is 22.6. The van der Waals surface area contributed by atoms with Gasteiger partial charge in [-0.3, -0.25) is 19.0 Å². The second-order valence-electron chi connectivity index (χ2n) is 8.56. The van der Waals surface area contributed by atoms with Crippen molar-refractivity contribution in [1.29, 1.82) is 0 Å². The van der Waals surface area contributed by atoms with E-state index in [1.807, 2.05) is 0 Å². The molecule has 3 heterocycles. The third-order valence-electron chi connectivity index (χ3n) is 6.04. The summed E-state index contributed by atoms with van der Waals surface area (Å²) in [6.07, 6.45) is 5.21. The number of carbonyl (C=O) groups is 2. The molecule has 1 atom stereocenters. The molecule has 0 spiro atoms. The SMILES string of the molecule is CNC(=O)c1ccc(NC(=O)C(CCOC)n2cc(OC)c(-c3cc(Cl)ccc3-n3cc(F)cn3)cc2=O)cn1. The lowest BCUT2D eigenvalue weighted by atomic mass is 10.0. The molecule has 1 aromatic carbocycles. The molecular formula is C27H26ClFN6O5. The molecule has 1 unspecified atom stereocenters. The van der Waals surface area contributed by atoms with Crippen molar-refractivity contribution in [2.45, 2.75) is 12.5 Å². The molecule has 0 fully saturated rings. The second-order valence-corrected chi connectivity index (χ2v) is 9.00. The van der Waals surface area contributed by atoms with Crippen molar-refractivity contribution < 1.29 is 23.5 Å². The maximum atomic E-state index is 13.7. The maximum Gasteiger partial charge on any atom is 0.269 e. The molecule has 208 valence electrons. The summed E-state index contributed by atoms with van der Waals surface area (Å²) >= 11 is 6.27. The van der Waals surface area contributed by atoms with Crippen LogP contribution in [0.2, 0.25) is 5.02 Å². The Morgan fingerprint density at radius 1 is 1.10 bits per heavy atom. The van der Waals surface area contributed by atoms with E-state index >= 15 is 0 Å². The topological polar surface area (TPSA) is 129 Å². The van der Waals surface area contributed by atoms with Crippen LogP contribution in [0.1, 0.15) is 23.0 Å². The van der Waals surface area contributed by atoms with Gasteiger partial charge in [0.1, 0.15) is 17.5 Å². The van der Waals surface area contributed by atoms with Gasteiger partial charge in [0.25, 0.3) is 11.5 Å². The molecule has 0 aliphatic carbocycles. The fourth-order valence-corrected chi connectivity index (χ4v) is 4.26. The number of rotatable bonds is 10. The van der Waals surface area contributed by atoms with E-state index in [-0.39, 0.29) is 30.4 Å². The Bertz CT molecular complexity index is 1590. The Morgan fingerprint density at radius 2 is 1.90 bits per heavy atom. The van der Waals surface area contributed by atoms with Crippen LogP contribution < -0.4 is 20.9 Å². The van der Waals surface area contributed by atoms with E-state index in [0.717, 1.165) is 6.20 Å². The molecule has 0 saturated carbocycles. The highest BCUT2D eigenvalue weighted by Gasteiger charge is 2.25. The molecule has 0 saturated heterocycles. The van der Waals surface area contributed by atoms with Gasteiger partial charge in [-0.2, -0.15) is 5.10 Å². The Hall–Kier alpha value is -4.55. The molecule has 0 bridgehead atoms. The van der Waals surface area contributed by atoms with E-state index in [1.165, 1.54) is 67.3 Å². The first kappa shape index (κ1) is 28.5. The van der Waals surface area contributed by atoms with Gasteiger partial charge in [-0.05, 0) is 30.3 Å². The minimum atomic E-state index is -0.979. The minimum absolute atomic E-state index is 0.170. The lowest BCUT2D eigenvalue weighted by Crippen LogP contribution is -2.34. The van der Waals surface area contributed by atoms with Crippen molar-refractivity contribution in [3.05, 3.63) is 88.1 Å². The number of amides is 2. The van der Waals surface area contributed by atoms with Crippen LogP contribution in [0.4, 0.5) is 10.1 Å². The zero-order chi connectivity index (χ0) is 28.8. The van der Waals surface area contributed by atoms with E-state index < -0.39 is 23.3 Å². The fourth-order valence-electron chi connectivity index (χ4n) is 4.08. The van der Waals surface area contributed by atoms with E-state index in [9.17, 15) is 18.8 Å². The number of anilines is 1. The third kappa shape index (κ3) is 6.19. The second kappa shape index (κ2) is 12.5. The Morgan fingerprint density at radius 3 is 2.52 bits per heavy atom. The van der Waals surface area contributed by atoms with Crippen LogP contribution in [-0.4, -0.2) is 59.0 Å². The Kier molecular flexibility index (Phi) is 8.92. The number of carbonyl (C=O) groups excluding carboxylic acids is 2. The number of hydrogen-bond acceptors (Lipinski definition) is 7. The first-order valence-electron chi connectivity index (χ1n) is 12.0. The van der Waals surface area contributed by atoms with Gasteiger partial charge in [-0.15, -0.1) is 0 Å². The Balaban J connectivity index is 1.73. The number of nitrogens with zero attached hydrogens (tertiary/aromatic N) is 4. The predicted octanol–water partition coefficient (Wildman–Crippen LogP) is 3.47. The smallest absolute Gasteiger partial charge is 0.269 e. The number of benzene rings is 1. The summed E-state index contributed by atoms with van der Waals surface area (Å²) in [6, 6.07) is 8.23. The third-order valence-corrected chi connectivity index (χ3v) is 6.27. The number of ether oxygens (including phenoxy) is 2. The van der Waals surface area contributed by atoms with Crippen LogP contribution in [0.5, 0.6) is 5.75 Å². The monoisotopic (exact) mass is 568 g/mol. The number of halogens is 2. The van der Waals surface area contributed by atoms with Crippen molar-refractivity contribution in [1.82, 2.24) is 24.6 Å². The quantitative estimate of drug-likeness (QED) is 0.300. The van der Waals surface area contributed by atoms with Gasteiger partial charge in [-0.25, -0.2) is 14.1 Å². The Labute approximate surface area is 233 Å². The summed E-state index contributed by atoms with van der Waals surface area (Å²) in [7, 11) is 4.40. The van der Waals surface area contributed by atoms with Gasteiger partial charge in [-0.1, -0.05) is 11.6 Å².